The van der Waals surface area contributed by atoms with Crippen LogP contribution in [0.1, 0.15) is 18.1 Å². The Labute approximate surface area is 106 Å². The van der Waals surface area contributed by atoms with Crippen LogP contribution in [0.2, 0.25) is 5.02 Å². The van der Waals surface area contributed by atoms with Gasteiger partial charge in [-0.05, 0) is 24.6 Å². The number of esters is 1. The van der Waals surface area contributed by atoms with E-state index < -0.39 is 0 Å². The summed E-state index contributed by atoms with van der Waals surface area (Å²) in [5.74, 6) is 0.250. The van der Waals surface area contributed by atoms with Crippen LogP contribution in [-0.2, 0) is 16.0 Å². The number of allylic oxidation sites excluding steroid dienone is 1. The second-order valence-corrected chi connectivity index (χ2v) is 3.84. The SMILES string of the molecule is C/C=C/c1cc(Cl)c(CC(=O)OC)c(OC)c1. The molecule has 0 saturated carbocycles. The summed E-state index contributed by atoms with van der Waals surface area (Å²) < 4.78 is 9.85. The van der Waals surface area contributed by atoms with Gasteiger partial charge in [-0.2, -0.15) is 0 Å². The second kappa shape index (κ2) is 6.30. The van der Waals surface area contributed by atoms with E-state index in [4.69, 9.17) is 16.3 Å². The number of benzene rings is 1. The molecule has 0 aromatic heterocycles. The van der Waals surface area contributed by atoms with Gasteiger partial charge < -0.3 is 9.47 Å². The number of hydrogen-bond donors (Lipinski definition) is 0. The minimum atomic E-state index is -0.344. The van der Waals surface area contributed by atoms with E-state index in [-0.39, 0.29) is 12.4 Å². The van der Waals surface area contributed by atoms with Gasteiger partial charge in [0.05, 0.1) is 20.6 Å². The molecule has 0 aliphatic carbocycles. The van der Waals surface area contributed by atoms with Crippen molar-refractivity contribution in [1.82, 2.24) is 0 Å². The first kappa shape index (κ1) is 13.6. The molecule has 92 valence electrons. The molecule has 1 rings (SSSR count). The van der Waals surface area contributed by atoms with Crippen molar-refractivity contribution < 1.29 is 14.3 Å². The van der Waals surface area contributed by atoms with E-state index in [1.54, 1.807) is 13.2 Å². The molecule has 0 saturated heterocycles. The lowest BCUT2D eigenvalue weighted by Gasteiger charge is -2.11. The molecule has 0 atom stereocenters. The summed E-state index contributed by atoms with van der Waals surface area (Å²) in [4.78, 5) is 11.3. The lowest BCUT2D eigenvalue weighted by molar-refractivity contribution is -0.139. The largest absolute Gasteiger partial charge is 0.496 e. The van der Waals surface area contributed by atoms with Crippen LogP contribution in [0.3, 0.4) is 0 Å². The van der Waals surface area contributed by atoms with Crippen molar-refractivity contribution in [3.63, 3.8) is 0 Å². The minimum absolute atomic E-state index is 0.106. The van der Waals surface area contributed by atoms with Crippen molar-refractivity contribution in [3.05, 3.63) is 34.4 Å². The zero-order valence-electron chi connectivity index (χ0n) is 10.1. The molecule has 0 aliphatic heterocycles. The Morgan fingerprint density at radius 3 is 2.65 bits per heavy atom. The summed E-state index contributed by atoms with van der Waals surface area (Å²) in [5.41, 5.74) is 1.58. The third kappa shape index (κ3) is 3.49. The van der Waals surface area contributed by atoms with Gasteiger partial charge in [-0.25, -0.2) is 0 Å². The number of ether oxygens (including phenoxy) is 2. The molecule has 0 amide bonds. The van der Waals surface area contributed by atoms with Crippen molar-refractivity contribution in [1.29, 1.82) is 0 Å². The van der Waals surface area contributed by atoms with Crippen molar-refractivity contribution in [2.75, 3.05) is 14.2 Å². The van der Waals surface area contributed by atoms with Gasteiger partial charge in [0.25, 0.3) is 0 Å². The summed E-state index contributed by atoms with van der Waals surface area (Å²) in [7, 11) is 2.89. The zero-order chi connectivity index (χ0) is 12.8. The quantitative estimate of drug-likeness (QED) is 0.775. The molecule has 0 heterocycles. The number of rotatable bonds is 4. The average molecular weight is 255 g/mol. The predicted octanol–water partition coefficient (Wildman–Crippen LogP) is 3.10. The Morgan fingerprint density at radius 1 is 1.41 bits per heavy atom. The summed E-state index contributed by atoms with van der Waals surface area (Å²) in [6.07, 6.45) is 3.93. The molecule has 0 unspecified atom stereocenters. The van der Waals surface area contributed by atoms with Gasteiger partial charge in [0, 0.05) is 10.6 Å². The lowest BCUT2D eigenvalue weighted by atomic mass is 10.1. The molecule has 0 spiro atoms. The Balaban J connectivity index is 3.16. The van der Waals surface area contributed by atoms with Crippen molar-refractivity contribution in [2.45, 2.75) is 13.3 Å². The molecule has 4 heteroatoms. The molecule has 0 bridgehead atoms. The highest BCUT2D eigenvalue weighted by Crippen LogP contribution is 2.29. The fourth-order valence-corrected chi connectivity index (χ4v) is 1.78. The molecule has 1 aromatic carbocycles. The van der Waals surface area contributed by atoms with E-state index in [0.717, 1.165) is 5.56 Å². The van der Waals surface area contributed by atoms with Gasteiger partial charge in [-0.1, -0.05) is 23.8 Å². The smallest absolute Gasteiger partial charge is 0.310 e. The van der Waals surface area contributed by atoms with Gasteiger partial charge in [0.1, 0.15) is 5.75 Å². The molecular weight excluding hydrogens is 240 g/mol. The van der Waals surface area contributed by atoms with Gasteiger partial charge in [0.15, 0.2) is 0 Å². The summed E-state index contributed by atoms with van der Waals surface area (Å²) >= 11 is 6.13. The summed E-state index contributed by atoms with van der Waals surface area (Å²) in [5, 5.41) is 0.503. The van der Waals surface area contributed by atoms with E-state index in [2.05, 4.69) is 4.74 Å². The maximum atomic E-state index is 11.3. The van der Waals surface area contributed by atoms with Crippen LogP contribution in [0.4, 0.5) is 0 Å². The molecular formula is C13H15ClO3. The summed E-state index contributed by atoms with van der Waals surface area (Å²) in [6.45, 7) is 1.92. The fourth-order valence-electron chi connectivity index (χ4n) is 1.49. The van der Waals surface area contributed by atoms with Crippen molar-refractivity contribution >= 4 is 23.6 Å². The lowest BCUT2D eigenvalue weighted by Crippen LogP contribution is -2.06. The monoisotopic (exact) mass is 254 g/mol. The molecule has 17 heavy (non-hydrogen) atoms. The van der Waals surface area contributed by atoms with Crippen LogP contribution >= 0.6 is 11.6 Å². The van der Waals surface area contributed by atoms with E-state index >= 15 is 0 Å². The van der Waals surface area contributed by atoms with Gasteiger partial charge in [-0.15, -0.1) is 0 Å². The van der Waals surface area contributed by atoms with Crippen LogP contribution in [0.25, 0.3) is 6.08 Å². The van der Waals surface area contributed by atoms with E-state index in [0.29, 0.717) is 16.3 Å². The zero-order valence-corrected chi connectivity index (χ0v) is 10.9. The van der Waals surface area contributed by atoms with Crippen LogP contribution in [0.5, 0.6) is 5.75 Å². The number of methoxy groups -OCH3 is 2. The number of halogens is 1. The first-order valence-electron chi connectivity index (χ1n) is 5.18. The second-order valence-electron chi connectivity index (χ2n) is 3.44. The summed E-state index contributed by atoms with van der Waals surface area (Å²) in [6, 6.07) is 3.63. The predicted molar refractivity (Wildman–Crippen MR) is 68.4 cm³/mol. The highest BCUT2D eigenvalue weighted by molar-refractivity contribution is 6.32. The molecule has 0 N–H and O–H groups in total. The van der Waals surface area contributed by atoms with Crippen molar-refractivity contribution in [2.24, 2.45) is 0 Å². The van der Waals surface area contributed by atoms with Gasteiger partial charge >= 0.3 is 5.97 Å². The Morgan fingerprint density at radius 2 is 2.12 bits per heavy atom. The minimum Gasteiger partial charge on any atom is -0.496 e. The number of carbonyl (C=O) groups excluding carboxylic acids is 1. The Bertz CT molecular complexity index is 439. The third-order valence-electron chi connectivity index (χ3n) is 2.30. The topological polar surface area (TPSA) is 35.5 Å². The van der Waals surface area contributed by atoms with E-state index in [1.807, 2.05) is 25.1 Å². The molecule has 0 aliphatic rings. The normalized spacial score (nSPS) is 10.6. The average Bonchev–Trinajstić information content (AvgIpc) is 2.32. The Hall–Kier alpha value is -1.48. The van der Waals surface area contributed by atoms with Crippen molar-refractivity contribution in [3.8, 4) is 5.75 Å². The first-order chi connectivity index (χ1) is 8.12. The maximum absolute atomic E-state index is 11.3. The highest BCUT2D eigenvalue weighted by Gasteiger charge is 2.13. The molecule has 0 radical (unpaired) electrons. The van der Waals surface area contributed by atoms with Crippen LogP contribution < -0.4 is 4.74 Å². The number of hydrogen-bond acceptors (Lipinski definition) is 3. The van der Waals surface area contributed by atoms with Gasteiger partial charge in [-0.3, -0.25) is 4.79 Å². The third-order valence-corrected chi connectivity index (χ3v) is 2.64. The molecule has 3 nitrogen and oxygen atoms in total. The Kier molecular flexibility index (Phi) is 5.04. The maximum Gasteiger partial charge on any atom is 0.310 e. The standard InChI is InChI=1S/C13H15ClO3/c1-4-5-9-6-11(14)10(8-13(15)17-3)12(7-9)16-2/h4-7H,8H2,1-3H3/b5-4+. The van der Waals surface area contributed by atoms with Crippen LogP contribution in [0, 0.1) is 0 Å². The highest BCUT2D eigenvalue weighted by atomic mass is 35.5. The van der Waals surface area contributed by atoms with E-state index in [1.165, 1.54) is 7.11 Å². The van der Waals surface area contributed by atoms with Crippen LogP contribution in [-0.4, -0.2) is 20.2 Å². The first-order valence-corrected chi connectivity index (χ1v) is 5.56. The molecule has 1 aromatic rings. The fraction of sp³-hybridized carbons (Fsp3) is 0.308. The molecule has 0 fully saturated rings. The van der Waals surface area contributed by atoms with E-state index in [9.17, 15) is 4.79 Å². The van der Waals surface area contributed by atoms with Gasteiger partial charge in [0.2, 0.25) is 0 Å². The number of carbonyl (C=O) groups is 1. The van der Waals surface area contributed by atoms with Crippen LogP contribution in [0.15, 0.2) is 18.2 Å².